The van der Waals surface area contributed by atoms with E-state index in [4.69, 9.17) is 9.15 Å². The molecule has 6 heteroatoms. The van der Waals surface area contributed by atoms with E-state index in [1.807, 2.05) is 36.4 Å². The number of carbonyl (C=O) groups excluding carboxylic acids is 1. The molecule has 3 aromatic rings. The minimum absolute atomic E-state index is 0.211. The fraction of sp³-hybridized carbons (Fsp3) is 0.292. The van der Waals surface area contributed by atoms with Crippen LogP contribution in [0.25, 0.3) is 22.1 Å². The van der Waals surface area contributed by atoms with Crippen LogP contribution in [-0.4, -0.2) is 18.1 Å². The number of amides is 1. The van der Waals surface area contributed by atoms with Gasteiger partial charge in [-0.2, -0.15) is 5.26 Å². The molecule has 152 valence electrons. The van der Waals surface area contributed by atoms with Gasteiger partial charge < -0.3 is 14.5 Å². The van der Waals surface area contributed by atoms with Crippen LogP contribution in [0.5, 0.6) is 5.75 Å². The number of benzene rings is 2. The molecule has 1 aromatic heterocycles. The summed E-state index contributed by atoms with van der Waals surface area (Å²) in [5.74, 6) is 0.0821. The molecule has 1 aliphatic rings. The number of fused-ring (bicyclic) bond motifs is 1. The molecule has 0 unspecified atom stereocenters. The SMILES string of the molecule is N#CC1(NC(=O)COc2ccc3c(-c4ccccc4)cc(=O)oc3c2)CCCCC1. The molecule has 6 nitrogen and oxygen atoms in total. The highest BCUT2D eigenvalue weighted by molar-refractivity contribution is 5.93. The van der Waals surface area contributed by atoms with Crippen molar-refractivity contribution in [2.75, 3.05) is 6.61 Å². The van der Waals surface area contributed by atoms with Gasteiger partial charge in [-0.25, -0.2) is 4.79 Å². The van der Waals surface area contributed by atoms with Gasteiger partial charge in [0.2, 0.25) is 0 Å². The van der Waals surface area contributed by atoms with Crippen LogP contribution in [0.4, 0.5) is 0 Å². The number of nitriles is 1. The molecule has 1 fully saturated rings. The first-order valence-corrected chi connectivity index (χ1v) is 10.1. The zero-order valence-corrected chi connectivity index (χ0v) is 16.5. The highest BCUT2D eigenvalue weighted by Crippen LogP contribution is 2.30. The molecular formula is C24H22N2O4. The lowest BCUT2D eigenvalue weighted by molar-refractivity contribution is -0.124. The largest absolute Gasteiger partial charge is 0.484 e. The van der Waals surface area contributed by atoms with Crippen LogP contribution in [0.1, 0.15) is 32.1 Å². The average Bonchev–Trinajstić information content (AvgIpc) is 2.78. The summed E-state index contributed by atoms with van der Waals surface area (Å²) in [5.41, 5.74) is 0.834. The van der Waals surface area contributed by atoms with E-state index >= 15 is 0 Å². The molecule has 30 heavy (non-hydrogen) atoms. The van der Waals surface area contributed by atoms with Crippen LogP contribution >= 0.6 is 0 Å². The van der Waals surface area contributed by atoms with Gasteiger partial charge in [0, 0.05) is 17.5 Å². The van der Waals surface area contributed by atoms with Crippen molar-refractivity contribution >= 4 is 16.9 Å². The molecule has 1 heterocycles. The summed E-state index contributed by atoms with van der Waals surface area (Å²) in [7, 11) is 0. The Morgan fingerprint density at radius 3 is 2.60 bits per heavy atom. The van der Waals surface area contributed by atoms with Gasteiger partial charge in [-0.3, -0.25) is 4.79 Å². The van der Waals surface area contributed by atoms with Gasteiger partial charge in [-0.05, 0) is 36.1 Å². The predicted octanol–water partition coefficient (Wildman–Crippen LogP) is 4.18. The second-order valence-corrected chi connectivity index (χ2v) is 7.59. The molecule has 1 amide bonds. The van der Waals surface area contributed by atoms with Crippen molar-refractivity contribution in [3.8, 4) is 22.9 Å². The van der Waals surface area contributed by atoms with E-state index in [1.165, 1.54) is 6.07 Å². The van der Waals surface area contributed by atoms with Gasteiger partial charge in [0.25, 0.3) is 5.91 Å². The topological polar surface area (TPSA) is 92.3 Å². The summed E-state index contributed by atoms with van der Waals surface area (Å²) in [4.78, 5) is 24.4. The van der Waals surface area contributed by atoms with E-state index in [-0.39, 0.29) is 12.5 Å². The average molecular weight is 402 g/mol. The number of rotatable bonds is 5. The molecule has 2 aromatic carbocycles. The van der Waals surface area contributed by atoms with Crippen molar-refractivity contribution < 1.29 is 13.9 Å². The van der Waals surface area contributed by atoms with Crippen molar-refractivity contribution in [2.24, 2.45) is 0 Å². The summed E-state index contributed by atoms with van der Waals surface area (Å²) >= 11 is 0. The Labute approximate surface area is 174 Å². The summed E-state index contributed by atoms with van der Waals surface area (Å²) in [6, 6.07) is 18.5. The Kier molecular flexibility index (Phi) is 5.53. The van der Waals surface area contributed by atoms with E-state index < -0.39 is 11.2 Å². The maximum atomic E-state index is 12.3. The third-order valence-corrected chi connectivity index (χ3v) is 5.47. The molecule has 0 saturated heterocycles. The Bertz CT molecular complexity index is 1160. The first-order chi connectivity index (χ1) is 14.6. The lowest BCUT2D eigenvalue weighted by Gasteiger charge is -2.31. The molecule has 0 bridgehead atoms. The summed E-state index contributed by atoms with van der Waals surface area (Å²) < 4.78 is 11.0. The lowest BCUT2D eigenvalue weighted by atomic mass is 9.83. The quantitative estimate of drug-likeness (QED) is 0.646. The maximum Gasteiger partial charge on any atom is 0.336 e. The Morgan fingerprint density at radius 2 is 1.87 bits per heavy atom. The minimum Gasteiger partial charge on any atom is -0.484 e. The van der Waals surface area contributed by atoms with Gasteiger partial charge in [0.15, 0.2) is 6.61 Å². The number of ether oxygens (including phenoxy) is 1. The molecule has 0 aliphatic heterocycles. The zero-order valence-electron chi connectivity index (χ0n) is 16.5. The molecular weight excluding hydrogens is 380 g/mol. The van der Waals surface area contributed by atoms with Crippen molar-refractivity contribution in [1.82, 2.24) is 5.32 Å². The fourth-order valence-electron chi connectivity index (χ4n) is 3.96. The standard InChI is InChI=1S/C24H22N2O4/c25-16-24(11-5-2-6-12-24)26-22(27)15-29-18-9-10-19-20(17-7-3-1-4-8-17)14-23(28)30-21(19)13-18/h1,3-4,7-10,13-14H,2,5-6,11-12,15H2,(H,26,27). The molecule has 1 aliphatic carbocycles. The van der Waals surface area contributed by atoms with Crippen molar-refractivity contribution in [3.63, 3.8) is 0 Å². The van der Waals surface area contributed by atoms with Crippen LogP contribution in [0.3, 0.4) is 0 Å². The number of nitrogens with zero attached hydrogens (tertiary/aromatic N) is 1. The normalized spacial score (nSPS) is 15.3. The molecule has 1 N–H and O–H groups in total. The van der Waals surface area contributed by atoms with Gasteiger partial charge in [-0.1, -0.05) is 49.6 Å². The Hall–Kier alpha value is -3.59. The van der Waals surface area contributed by atoms with E-state index in [0.717, 1.165) is 35.8 Å². The maximum absolute atomic E-state index is 12.3. The lowest BCUT2D eigenvalue weighted by Crippen LogP contribution is -2.50. The molecule has 0 spiro atoms. The van der Waals surface area contributed by atoms with E-state index in [2.05, 4.69) is 11.4 Å². The van der Waals surface area contributed by atoms with E-state index in [0.29, 0.717) is 24.2 Å². The highest BCUT2D eigenvalue weighted by Gasteiger charge is 2.33. The van der Waals surface area contributed by atoms with Crippen LogP contribution < -0.4 is 15.7 Å². The summed E-state index contributed by atoms with van der Waals surface area (Å²) in [5, 5.41) is 13.1. The number of hydrogen-bond acceptors (Lipinski definition) is 5. The minimum atomic E-state index is -0.792. The monoisotopic (exact) mass is 402 g/mol. The van der Waals surface area contributed by atoms with E-state index in [9.17, 15) is 14.9 Å². The number of nitrogens with one attached hydrogen (secondary N) is 1. The molecule has 4 rings (SSSR count). The van der Waals surface area contributed by atoms with Gasteiger partial charge in [-0.15, -0.1) is 0 Å². The van der Waals surface area contributed by atoms with Crippen LogP contribution in [0.2, 0.25) is 0 Å². The Morgan fingerprint density at radius 1 is 1.10 bits per heavy atom. The third kappa shape index (κ3) is 4.20. The van der Waals surface area contributed by atoms with E-state index in [1.54, 1.807) is 12.1 Å². The number of carbonyl (C=O) groups is 1. The van der Waals surface area contributed by atoms with Gasteiger partial charge in [0.1, 0.15) is 16.9 Å². The highest BCUT2D eigenvalue weighted by atomic mass is 16.5. The Balaban J connectivity index is 1.51. The van der Waals surface area contributed by atoms with Crippen molar-refractivity contribution in [1.29, 1.82) is 5.26 Å². The third-order valence-electron chi connectivity index (χ3n) is 5.47. The van der Waals surface area contributed by atoms with Crippen LogP contribution in [0.15, 0.2) is 63.8 Å². The van der Waals surface area contributed by atoms with Gasteiger partial charge in [0.05, 0.1) is 6.07 Å². The molecule has 0 atom stereocenters. The second kappa shape index (κ2) is 8.42. The van der Waals surface area contributed by atoms with Crippen LogP contribution in [-0.2, 0) is 4.79 Å². The predicted molar refractivity (Wildman–Crippen MR) is 113 cm³/mol. The smallest absolute Gasteiger partial charge is 0.336 e. The molecule has 1 saturated carbocycles. The zero-order chi connectivity index (χ0) is 21.0. The number of hydrogen-bond donors (Lipinski definition) is 1. The van der Waals surface area contributed by atoms with Gasteiger partial charge >= 0.3 is 5.63 Å². The van der Waals surface area contributed by atoms with Crippen molar-refractivity contribution in [2.45, 2.75) is 37.6 Å². The summed E-state index contributed by atoms with van der Waals surface area (Å²) in [6.45, 7) is -0.211. The summed E-state index contributed by atoms with van der Waals surface area (Å²) in [6.07, 6.45) is 4.28. The van der Waals surface area contributed by atoms with Crippen molar-refractivity contribution in [3.05, 3.63) is 65.0 Å². The first kappa shape index (κ1) is 19.7. The fourth-order valence-corrected chi connectivity index (χ4v) is 3.96. The second-order valence-electron chi connectivity index (χ2n) is 7.59. The molecule has 0 radical (unpaired) electrons. The first-order valence-electron chi connectivity index (χ1n) is 10.1. The van der Waals surface area contributed by atoms with Crippen LogP contribution in [0, 0.1) is 11.3 Å².